The van der Waals surface area contributed by atoms with Crippen molar-refractivity contribution in [1.29, 1.82) is 0 Å². The summed E-state index contributed by atoms with van der Waals surface area (Å²) in [6.45, 7) is 9.50. The van der Waals surface area contributed by atoms with E-state index in [2.05, 4.69) is 32.2 Å². The fourth-order valence-corrected chi connectivity index (χ4v) is 3.57. The summed E-state index contributed by atoms with van der Waals surface area (Å²) in [5.41, 5.74) is 0. The molecule has 0 rings (SSSR count). The standard InChI is InChI=1S/C15H24OS3/c1-4-13-19(16)18-12-7-6-9-14(3)10-8-11-15(17)5-2/h4-7,14H,1-2,8-13H2,3H3. The van der Waals surface area contributed by atoms with Crippen LogP contribution in [0.1, 0.15) is 32.6 Å². The van der Waals surface area contributed by atoms with E-state index < -0.39 is 9.83 Å². The largest absolute Gasteiger partial charge is 0.248 e. The molecule has 0 radical (unpaired) electrons. The fraction of sp³-hybridized carbons (Fsp3) is 0.533. The minimum absolute atomic E-state index is 0.568. The fourth-order valence-electron chi connectivity index (χ4n) is 1.50. The lowest BCUT2D eigenvalue weighted by molar-refractivity contribution is 0.524. The van der Waals surface area contributed by atoms with Crippen molar-refractivity contribution in [2.24, 2.45) is 5.92 Å². The SMILES string of the molecule is C=CCS(=O)SCC=CCC(C)CCCC(=S)C=C. The van der Waals surface area contributed by atoms with Gasteiger partial charge < -0.3 is 0 Å². The summed E-state index contributed by atoms with van der Waals surface area (Å²) in [6, 6.07) is 0. The maximum atomic E-state index is 11.3. The molecule has 0 bridgehead atoms. The average molecular weight is 317 g/mol. The third-order valence-corrected chi connectivity index (χ3v) is 5.68. The summed E-state index contributed by atoms with van der Waals surface area (Å²) in [4.78, 5) is 0.962. The topological polar surface area (TPSA) is 17.1 Å². The van der Waals surface area contributed by atoms with Gasteiger partial charge in [0.2, 0.25) is 0 Å². The molecule has 0 N–H and O–H groups in total. The van der Waals surface area contributed by atoms with Crippen LogP contribution in [0.3, 0.4) is 0 Å². The Morgan fingerprint density at radius 3 is 2.79 bits per heavy atom. The van der Waals surface area contributed by atoms with Gasteiger partial charge in [0.25, 0.3) is 0 Å². The highest BCUT2D eigenvalue weighted by molar-refractivity contribution is 8.69. The van der Waals surface area contributed by atoms with Crippen LogP contribution < -0.4 is 0 Å². The zero-order valence-electron chi connectivity index (χ0n) is 11.7. The first-order valence-electron chi connectivity index (χ1n) is 6.53. The first kappa shape index (κ1) is 18.8. The van der Waals surface area contributed by atoms with Crippen LogP contribution >= 0.6 is 23.0 Å². The van der Waals surface area contributed by atoms with E-state index in [1.54, 1.807) is 12.2 Å². The van der Waals surface area contributed by atoms with Gasteiger partial charge in [-0.25, -0.2) is 4.21 Å². The summed E-state index contributed by atoms with van der Waals surface area (Å²) in [5, 5.41) is 0. The van der Waals surface area contributed by atoms with Gasteiger partial charge in [-0.2, -0.15) is 0 Å². The molecule has 0 saturated heterocycles. The van der Waals surface area contributed by atoms with Crippen molar-refractivity contribution in [2.45, 2.75) is 32.6 Å². The molecule has 0 aromatic carbocycles. The van der Waals surface area contributed by atoms with Gasteiger partial charge in [0.1, 0.15) is 0 Å². The van der Waals surface area contributed by atoms with Crippen LogP contribution in [0.4, 0.5) is 0 Å². The van der Waals surface area contributed by atoms with Crippen LogP contribution in [0, 0.1) is 5.92 Å². The van der Waals surface area contributed by atoms with E-state index in [1.807, 2.05) is 0 Å². The minimum atomic E-state index is -0.822. The Hall–Kier alpha value is -0.190. The first-order valence-corrected chi connectivity index (χ1v) is 9.76. The molecule has 0 aliphatic rings. The Kier molecular flexibility index (Phi) is 12.7. The van der Waals surface area contributed by atoms with Crippen molar-refractivity contribution in [3.63, 3.8) is 0 Å². The summed E-state index contributed by atoms with van der Waals surface area (Å²) in [6.07, 6.45) is 12.1. The second-order valence-electron chi connectivity index (χ2n) is 4.42. The quantitative estimate of drug-likeness (QED) is 0.221. The molecule has 2 unspecified atom stereocenters. The molecule has 0 heterocycles. The Labute approximate surface area is 129 Å². The average Bonchev–Trinajstić information content (AvgIpc) is 2.38. The molecule has 0 saturated carbocycles. The molecule has 0 spiro atoms. The van der Waals surface area contributed by atoms with Crippen molar-refractivity contribution >= 4 is 37.7 Å². The van der Waals surface area contributed by atoms with Gasteiger partial charge in [0.15, 0.2) is 0 Å². The molecule has 0 fully saturated rings. The molecule has 0 amide bonds. The van der Waals surface area contributed by atoms with Gasteiger partial charge in [-0.1, -0.05) is 67.2 Å². The van der Waals surface area contributed by atoms with Crippen molar-refractivity contribution < 1.29 is 4.21 Å². The van der Waals surface area contributed by atoms with E-state index in [4.69, 9.17) is 12.2 Å². The number of hydrogen-bond acceptors (Lipinski definition) is 3. The van der Waals surface area contributed by atoms with Crippen LogP contribution in [0.2, 0.25) is 0 Å². The second kappa shape index (κ2) is 12.8. The molecule has 1 nitrogen and oxygen atoms in total. The number of thiocarbonyl (C=S) groups is 1. The van der Waals surface area contributed by atoms with Crippen LogP contribution in [-0.4, -0.2) is 20.6 Å². The predicted molar refractivity (Wildman–Crippen MR) is 95.2 cm³/mol. The summed E-state index contributed by atoms with van der Waals surface area (Å²) in [5.74, 6) is 2.05. The predicted octanol–water partition coefficient (Wildman–Crippen LogP) is 4.88. The molecular formula is C15H24OS3. The van der Waals surface area contributed by atoms with E-state index >= 15 is 0 Å². The molecule has 0 aliphatic carbocycles. The van der Waals surface area contributed by atoms with Gasteiger partial charge in [0, 0.05) is 10.6 Å². The monoisotopic (exact) mass is 316 g/mol. The van der Waals surface area contributed by atoms with Gasteiger partial charge in [0.05, 0.1) is 15.6 Å². The third kappa shape index (κ3) is 12.6. The van der Waals surface area contributed by atoms with Crippen molar-refractivity contribution in [2.75, 3.05) is 11.5 Å². The molecule has 2 atom stereocenters. The number of rotatable bonds is 12. The molecule has 108 valence electrons. The Morgan fingerprint density at radius 2 is 2.16 bits per heavy atom. The maximum Gasteiger partial charge on any atom is 0.0845 e. The third-order valence-electron chi connectivity index (χ3n) is 2.60. The van der Waals surface area contributed by atoms with E-state index in [0.717, 1.165) is 29.9 Å². The zero-order valence-corrected chi connectivity index (χ0v) is 14.1. The molecule has 0 aromatic rings. The lowest BCUT2D eigenvalue weighted by Crippen LogP contribution is -1.95. The van der Waals surface area contributed by atoms with Crippen molar-refractivity contribution in [3.05, 3.63) is 37.5 Å². The molecule has 4 heteroatoms. The van der Waals surface area contributed by atoms with E-state index in [-0.39, 0.29) is 0 Å². The Bertz CT molecular complexity index is 334. The summed E-state index contributed by atoms with van der Waals surface area (Å²) in [7, 11) is 0.642. The van der Waals surface area contributed by atoms with Crippen LogP contribution in [0.5, 0.6) is 0 Å². The smallest absolute Gasteiger partial charge is 0.0845 e. The van der Waals surface area contributed by atoms with Crippen molar-refractivity contribution in [1.82, 2.24) is 0 Å². The highest BCUT2D eigenvalue weighted by atomic mass is 33.1. The van der Waals surface area contributed by atoms with Gasteiger partial charge in [-0.05, 0) is 25.2 Å². The van der Waals surface area contributed by atoms with E-state index in [9.17, 15) is 4.21 Å². The van der Waals surface area contributed by atoms with E-state index in [1.165, 1.54) is 17.2 Å². The number of hydrogen-bond donors (Lipinski definition) is 0. The van der Waals surface area contributed by atoms with Gasteiger partial charge in [-0.3, -0.25) is 0 Å². The lowest BCUT2D eigenvalue weighted by Gasteiger charge is -2.07. The molecule has 0 aliphatic heterocycles. The highest BCUT2D eigenvalue weighted by Gasteiger charge is 2.00. The lowest BCUT2D eigenvalue weighted by atomic mass is 10.00. The second-order valence-corrected chi connectivity index (χ2v) is 8.28. The first-order chi connectivity index (χ1) is 9.10. The maximum absolute atomic E-state index is 11.3. The van der Waals surface area contributed by atoms with Crippen LogP contribution in [-0.2, 0) is 9.83 Å². The Morgan fingerprint density at radius 1 is 1.42 bits per heavy atom. The minimum Gasteiger partial charge on any atom is -0.248 e. The summed E-state index contributed by atoms with van der Waals surface area (Å²) >= 11 is 5.10. The molecular weight excluding hydrogens is 292 g/mol. The van der Waals surface area contributed by atoms with Crippen LogP contribution in [0.25, 0.3) is 0 Å². The molecule has 19 heavy (non-hydrogen) atoms. The summed E-state index contributed by atoms with van der Waals surface area (Å²) < 4.78 is 11.3. The highest BCUT2D eigenvalue weighted by Crippen LogP contribution is 2.14. The van der Waals surface area contributed by atoms with Crippen LogP contribution in [0.15, 0.2) is 37.5 Å². The normalized spacial score (nSPS) is 14.2. The van der Waals surface area contributed by atoms with Gasteiger partial charge in [-0.15, -0.1) is 6.58 Å². The van der Waals surface area contributed by atoms with Crippen molar-refractivity contribution in [3.8, 4) is 0 Å². The molecule has 0 aromatic heterocycles. The number of allylic oxidation sites excluding steroid dienone is 2. The zero-order chi connectivity index (χ0) is 14.5. The Balaban J connectivity index is 3.58. The van der Waals surface area contributed by atoms with Gasteiger partial charge >= 0.3 is 0 Å². The van der Waals surface area contributed by atoms with E-state index in [0.29, 0.717) is 11.7 Å².